The van der Waals surface area contributed by atoms with E-state index in [-0.39, 0.29) is 11.4 Å². The SMILES string of the molecule is CC(C)CN1CCN(C2(C(=O)c3ccccn3)CCOC(C)(C)C2)CC1. The smallest absolute Gasteiger partial charge is 0.201 e. The number of piperazine rings is 1. The minimum absolute atomic E-state index is 0.159. The van der Waals surface area contributed by atoms with Gasteiger partial charge >= 0.3 is 0 Å². The van der Waals surface area contributed by atoms with Crippen LogP contribution in [0.4, 0.5) is 0 Å². The van der Waals surface area contributed by atoms with Crippen molar-refractivity contribution in [3.05, 3.63) is 30.1 Å². The molecule has 1 unspecified atom stereocenters. The Labute approximate surface area is 157 Å². The average Bonchev–Trinajstić information content (AvgIpc) is 2.61. The Hall–Kier alpha value is -1.30. The second-order valence-electron chi connectivity index (χ2n) is 8.79. The van der Waals surface area contributed by atoms with Crippen LogP contribution in [0.25, 0.3) is 0 Å². The fraction of sp³-hybridized carbons (Fsp3) is 0.714. The first-order chi connectivity index (χ1) is 12.3. The molecule has 26 heavy (non-hydrogen) atoms. The summed E-state index contributed by atoms with van der Waals surface area (Å²) < 4.78 is 5.96. The van der Waals surface area contributed by atoms with Gasteiger partial charge in [-0.15, -0.1) is 0 Å². The minimum Gasteiger partial charge on any atom is -0.375 e. The van der Waals surface area contributed by atoms with Gasteiger partial charge in [0.25, 0.3) is 0 Å². The van der Waals surface area contributed by atoms with Gasteiger partial charge < -0.3 is 9.64 Å². The van der Waals surface area contributed by atoms with E-state index in [0.29, 0.717) is 18.2 Å². The van der Waals surface area contributed by atoms with E-state index >= 15 is 0 Å². The van der Waals surface area contributed by atoms with Crippen LogP contribution >= 0.6 is 0 Å². The number of ketones is 1. The van der Waals surface area contributed by atoms with Crippen LogP contribution in [0.3, 0.4) is 0 Å². The number of hydrogen-bond acceptors (Lipinski definition) is 5. The molecule has 0 bridgehead atoms. The van der Waals surface area contributed by atoms with Crippen molar-refractivity contribution in [1.82, 2.24) is 14.8 Å². The lowest BCUT2D eigenvalue weighted by Crippen LogP contribution is -2.65. The van der Waals surface area contributed by atoms with Crippen LogP contribution in [0, 0.1) is 5.92 Å². The van der Waals surface area contributed by atoms with E-state index in [1.165, 1.54) is 0 Å². The molecule has 0 aliphatic carbocycles. The van der Waals surface area contributed by atoms with E-state index in [9.17, 15) is 4.79 Å². The van der Waals surface area contributed by atoms with Crippen LogP contribution in [-0.4, -0.2) is 71.0 Å². The molecular formula is C21H33N3O2. The monoisotopic (exact) mass is 359 g/mol. The number of nitrogens with zero attached hydrogens (tertiary/aromatic N) is 3. The third-order valence-electron chi connectivity index (χ3n) is 5.65. The molecule has 0 N–H and O–H groups in total. The second kappa shape index (κ2) is 7.75. The number of pyridine rings is 1. The highest BCUT2D eigenvalue weighted by atomic mass is 16.5. The Morgan fingerprint density at radius 1 is 1.23 bits per heavy atom. The first-order valence-electron chi connectivity index (χ1n) is 9.90. The van der Waals surface area contributed by atoms with Crippen LogP contribution in [0.2, 0.25) is 0 Å². The van der Waals surface area contributed by atoms with Gasteiger partial charge in [-0.2, -0.15) is 0 Å². The molecule has 0 saturated carbocycles. The molecule has 5 nitrogen and oxygen atoms in total. The van der Waals surface area contributed by atoms with Gasteiger partial charge in [0.2, 0.25) is 5.78 Å². The van der Waals surface area contributed by atoms with Crippen LogP contribution in [-0.2, 0) is 4.74 Å². The molecule has 1 aromatic rings. The molecule has 3 rings (SSSR count). The third-order valence-corrected chi connectivity index (χ3v) is 5.65. The molecule has 1 aromatic heterocycles. The average molecular weight is 360 g/mol. The van der Waals surface area contributed by atoms with Gasteiger partial charge in [-0.05, 0) is 38.3 Å². The summed E-state index contributed by atoms with van der Waals surface area (Å²) in [7, 11) is 0. The number of rotatable bonds is 5. The van der Waals surface area contributed by atoms with Gasteiger partial charge in [0.1, 0.15) is 5.69 Å². The van der Waals surface area contributed by atoms with Crippen LogP contribution in [0.5, 0.6) is 0 Å². The maximum atomic E-state index is 13.6. The van der Waals surface area contributed by atoms with Crippen molar-refractivity contribution in [1.29, 1.82) is 0 Å². The van der Waals surface area contributed by atoms with Crippen molar-refractivity contribution < 1.29 is 9.53 Å². The van der Waals surface area contributed by atoms with Gasteiger partial charge in [-0.3, -0.25) is 14.7 Å². The number of carbonyl (C=O) groups excluding carboxylic acids is 1. The maximum absolute atomic E-state index is 13.6. The highest BCUT2D eigenvalue weighted by molar-refractivity contribution is 6.02. The van der Waals surface area contributed by atoms with Crippen molar-refractivity contribution >= 4 is 5.78 Å². The van der Waals surface area contributed by atoms with Crippen LogP contribution in [0.1, 0.15) is 51.0 Å². The van der Waals surface area contributed by atoms with Crippen molar-refractivity contribution in [2.24, 2.45) is 5.92 Å². The van der Waals surface area contributed by atoms with E-state index in [4.69, 9.17) is 4.74 Å². The summed E-state index contributed by atoms with van der Waals surface area (Å²) in [6.45, 7) is 14.4. The zero-order valence-corrected chi connectivity index (χ0v) is 16.7. The van der Waals surface area contributed by atoms with E-state index < -0.39 is 5.54 Å². The topological polar surface area (TPSA) is 45.7 Å². The lowest BCUT2D eigenvalue weighted by Gasteiger charge is -2.52. The molecule has 0 aromatic carbocycles. The zero-order valence-electron chi connectivity index (χ0n) is 16.7. The molecule has 3 heterocycles. The molecule has 0 amide bonds. The van der Waals surface area contributed by atoms with Gasteiger partial charge in [-0.1, -0.05) is 19.9 Å². The predicted molar refractivity (Wildman–Crippen MR) is 103 cm³/mol. The lowest BCUT2D eigenvalue weighted by atomic mass is 9.75. The van der Waals surface area contributed by atoms with E-state index in [2.05, 4.69) is 42.5 Å². The van der Waals surface area contributed by atoms with Gasteiger partial charge in [0, 0.05) is 51.9 Å². The maximum Gasteiger partial charge on any atom is 0.201 e. The Morgan fingerprint density at radius 2 is 1.96 bits per heavy atom. The molecule has 144 valence electrons. The van der Waals surface area contributed by atoms with Crippen LogP contribution < -0.4 is 0 Å². The Kier molecular flexibility index (Phi) is 5.80. The Morgan fingerprint density at radius 3 is 2.54 bits per heavy atom. The van der Waals surface area contributed by atoms with Gasteiger partial charge in [0.15, 0.2) is 0 Å². The standard InChI is InChI=1S/C21H33N3O2/c1-17(2)15-23-10-12-24(13-11-23)21(8-14-26-20(3,4)16-21)19(25)18-7-5-6-9-22-18/h5-7,9,17H,8,10-16H2,1-4H3. The third kappa shape index (κ3) is 4.16. The second-order valence-corrected chi connectivity index (χ2v) is 8.79. The molecule has 0 radical (unpaired) electrons. The van der Waals surface area contributed by atoms with Crippen molar-refractivity contribution in [3.8, 4) is 0 Å². The van der Waals surface area contributed by atoms with Crippen molar-refractivity contribution in [2.75, 3.05) is 39.3 Å². The molecule has 1 atom stereocenters. The quantitative estimate of drug-likeness (QED) is 0.757. The Balaban J connectivity index is 1.84. The van der Waals surface area contributed by atoms with Crippen molar-refractivity contribution in [3.63, 3.8) is 0 Å². The van der Waals surface area contributed by atoms with E-state index in [1.54, 1.807) is 6.20 Å². The van der Waals surface area contributed by atoms with Gasteiger partial charge in [0.05, 0.1) is 11.1 Å². The van der Waals surface area contributed by atoms with Gasteiger partial charge in [-0.25, -0.2) is 0 Å². The first-order valence-corrected chi connectivity index (χ1v) is 9.90. The highest BCUT2D eigenvalue weighted by Gasteiger charge is 2.51. The summed E-state index contributed by atoms with van der Waals surface area (Å²) in [5.74, 6) is 0.833. The largest absolute Gasteiger partial charge is 0.375 e. The first kappa shape index (κ1) is 19.5. The predicted octanol–water partition coefficient (Wildman–Crippen LogP) is 2.87. The summed E-state index contributed by atoms with van der Waals surface area (Å²) in [6, 6.07) is 5.61. The normalized spacial score (nSPS) is 27.6. The summed E-state index contributed by atoms with van der Waals surface area (Å²) >= 11 is 0. The number of carbonyl (C=O) groups is 1. The molecule has 2 aliphatic rings. The Bertz CT molecular complexity index is 609. The minimum atomic E-state index is -0.500. The van der Waals surface area contributed by atoms with Crippen LogP contribution in [0.15, 0.2) is 24.4 Å². The molecule has 5 heteroatoms. The summed E-state index contributed by atoms with van der Waals surface area (Å²) in [5.41, 5.74) is -0.215. The molecule has 2 fully saturated rings. The lowest BCUT2D eigenvalue weighted by molar-refractivity contribution is -0.113. The molecule has 0 spiro atoms. The fourth-order valence-electron chi connectivity index (χ4n) is 4.56. The molecule has 2 saturated heterocycles. The zero-order chi connectivity index (χ0) is 18.8. The number of ether oxygens (including phenoxy) is 1. The molecular weight excluding hydrogens is 326 g/mol. The number of hydrogen-bond donors (Lipinski definition) is 0. The highest BCUT2D eigenvalue weighted by Crippen LogP contribution is 2.39. The van der Waals surface area contributed by atoms with E-state index in [0.717, 1.165) is 45.6 Å². The molecule has 2 aliphatic heterocycles. The summed E-state index contributed by atoms with van der Waals surface area (Å²) in [4.78, 5) is 22.9. The number of Topliss-reactive ketones (excluding diaryl/α,β-unsaturated/α-hetero) is 1. The van der Waals surface area contributed by atoms with Crippen molar-refractivity contribution in [2.45, 2.75) is 51.7 Å². The fourth-order valence-corrected chi connectivity index (χ4v) is 4.56. The van der Waals surface area contributed by atoms with E-state index in [1.807, 2.05) is 18.2 Å². The summed E-state index contributed by atoms with van der Waals surface area (Å²) in [5, 5.41) is 0. The number of aromatic nitrogens is 1. The summed E-state index contributed by atoms with van der Waals surface area (Å²) in [6.07, 6.45) is 3.18.